The van der Waals surface area contributed by atoms with Crippen molar-refractivity contribution in [2.75, 3.05) is 20.2 Å². The maximum atomic E-state index is 12.8. The Morgan fingerprint density at radius 3 is 2.44 bits per heavy atom. The van der Waals surface area contributed by atoms with Crippen LogP contribution in [0.2, 0.25) is 0 Å². The number of halogens is 3. The lowest BCUT2D eigenvalue weighted by Crippen LogP contribution is -2.38. The number of hydrogen-bond donors (Lipinski definition) is 1. The van der Waals surface area contributed by atoms with Gasteiger partial charge in [0.15, 0.2) is 5.65 Å². The van der Waals surface area contributed by atoms with E-state index in [0.29, 0.717) is 30.7 Å². The highest BCUT2D eigenvalue weighted by molar-refractivity contribution is 5.94. The van der Waals surface area contributed by atoms with Crippen LogP contribution in [0.3, 0.4) is 0 Å². The first-order chi connectivity index (χ1) is 16.3. The summed E-state index contributed by atoms with van der Waals surface area (Å²) in [6.07, 6.45) is 0.784. The summed E-state index contributed by atoms with van der Waals surface area (Å²) in [6.45, 7) is 1.12. The van der Waals surface area contributed by atoms with Crippen LogP contribution in [-0.4, -0.2) is 58.4 Å². The van der Waals surface area contributed by atoms with Crippen molar-refractivity contribution in [1.82, 2.24) is 19.9 Å². The van der Waals surface area contributed by atoms with Crippen molar-refractivity contribution in [2.45, 2.75) is 50.0 Å². The van der Waals surface area contributed by atoms with Crippen LogP contribution in [0.1, 0.15) is 59.3 Å². The predicted octanol–water partition coefficient (Wildman–Crippen LogP) is 4.77. The molecule has 1 saturated heterocycles. The molecule has 0 atom stereocenters. The molecule has 0 spiro atoms. The topological polar surface area (TPSA) is 80.3 Å². The molecule has 0 radical (unpaired) electrons. The minimum absolute atomic E-state index is 0.198. The molecule has 1 aliphatic heterocycles. The van der Waals surface area contributed by atoms with E-state index in [0.717, 1.165) is 60.4 Å². The second kappa shape index (κ2) is 8.90. The molecule has 1 saturated carbocycles. The van der Waals surface area contributed by atoms with Gasteiger partial charge in [0.2, 0.25) is 0 Å². The Morgan fingerprint density at radius 2 is 1.79 bits per heavy atom. The zero-order chi connectivity index (χ0) is 23.9. The number of imidazole rings is 1. The van der Waals surface area contributed by atoms with E-state index in [-0.39, 0.29) is 17.6 Å². The van der Waals surface area contributed by atoms with Crippen LogP contribution in [0.4, 0.5) is 13.2 Å². The standard InChI is InChI=1S/C24H25F3N4O3/c1-33-18-12-16(13-18)21-29-20-19(6-9-28-22(20)30-21)14-7-10-31(11-8-14)23(32)15-2-4-17(5-3-15)34-24(25,26)27/h2-6,9,14,16,18H,7-8,10-13H2,1H3,(H,28,29,30). The number of nitrogens with zero attached hydrogens (tertiary/aromatic N) is 3. The number of likely N-dealkylation sites (tertiary alicyclic amines) is 1. The number of rotatable bonds is 5. The molecule has 0 bridgehead atoms. The Kier molecular flexibility index (Phi) is 5.93. The normalized spacial score (nSPS) is 21.5. The summed E-state index contributed by atoms with van der Waals surface area (Å²) in [7, 11) is 1.73. The highest BCUT2D eigenvalue weighted by atomic mass is 19.4. The number of amides is 1. The Balaban J connectivity index is 1.24. The van der Waals surface area contributed by atoms with Crippen LogP contribution < -0.4 is 4.74 Å². The smallest absolute Gasteiger partial charge is 0.406 e. The number of aromatic nitrogens is 3. The van der Waals surface area contributed by atoms with Gasteiger partial charge in [-0.2, -0.15) is 0 Å². The van der Waals surface area contributed by atoms with Gasteiger partial charge in [-0.05, 0) is 67.5 Å². The first-order valence-electron chi connectivity index (χ1n) is 11.3. The maximum Gasteiger partial charge on any atom is 0.573 e. The summed E-state index contributed by atoms with van der Waals surface area (Å²) >= 11 is 0. The lowest BCUT2D eigenvalue weighted by molar-refractivity contribution is -0.274. The number of piperidine rings is 1. The van der Waals surface area contributed by atoms with Crippen LogP contribution in [0.15, 0.2) is 36.5 Å². The van der Waals surface area contributed by atoms with E-state index in [1.807, 2.05) is 6.07 Å². The second-order valence-corrected chi connectivity index (χ2v) is 8.88. The molecule has 1 aliphatic carbocycles. The Bertz CT molecular complexity index is 1160. The van der Waals surface area contributed by atoms with Crippen molar-refractivity contribution in [3.05, 3.63) is 53.5 Å². The molecule has 2 fully saturated rings. The number of nitrogens with one attached hydrogen (secondary N) is 1. The van der Waals surface area contributed by atoms with Crippen LogP contribution >= 0.6 is 0 Å². The molecule has 34 heavy (non-hydrogen) atoms. The molecule has 1 N–H and O–H groups in total. The number of benzene rings is 1. The molecule has 180 valence electrons. The van der Waals surface area contributed by atoms with Crippen molar-refractivity contribution in [3.63, 3.8) is 0 Å². The van der Waals surface area contributed by atoms with Crippen molar-refractivity contribution in [3.8, 4) is 5.75 Å². The number of ether oxygens (including phenoxy) is 2. The van der Waals surface area contributed by atoms with Gasteiger partial charge in [0.1, 0.15) is 17.1 Å². The Hall–Kier alpha value is -3.14. The van der Waals surface area contributed by atoms with E-state index in [1.54, 1.807) is 18.2 Å². The molecule has 1 amide bonds. The minimum Gasteiger partial charge on any atom is -0.406 e. The van der Waals surface area contributed by atoms with E-state index in [1.165, 1.54) is 12.1 Å². The van der Waals surface area contributed by atoms with Crippen molar-refractivity contribution < 1.29 is 27.4 Å². The Labute approximate surface area is 194 Å². The van der Waals surface area contributed by atoms with E-state index < -0.39 is 6.36 Å². The van der Waals surface area contributed by atoms with Crippen LogP contribution in [0.25, 0.3) is 11.2 Å². The molecule has 2 aromatic heterocycles. The third kappa shape index (κ3) is 4.59. The van der Waals surface area contributed by atoms with Crippen LogP contribution in [0, 0.1) is 0 Å². The molecule has 2 aliphatic rings. The first kappa shape index (κ1) is 22.6. The summed E-state index contributed by atoms with van der Waals surface area (Å²) < 4.78 is 46.3. The average molecular weight is 474 g/mol. The van der Waals surface area contributed by atoms with Gasteiger partial charge in [0, 0.05) is 37.9 Å². The summed E-state index contributed by atoms with van der Waals surface area (Å²) in [5, 5.41) is 0. The highest BCUT2D eigenvalue weighted by Crippen LogP contribution is 2.39. The molecule has 3 heterocycles. The number of alkyl halides is 3. The lowest BCUT2D eigenvalue weighted by Gasteiger charge is -2.32. The van der Waals surface area contributed by atoms with Crippen molar-refractivity contribution in [2.24, 2.45) is 0 Å². The van der Waals surface area contributed by atoms with Crippen LogP contribution in [0.5, 0.6) is 5.75 Å². The fourth-order valence-electron chi connectivity index (χ4n) is 4.83. The van der Waals surface area contributed by atoms with E-state index in [2.05, 4.69) is 14.7 Å². The number of methoxy groups -OCH3 is 1. The fraction of sp³-hybridized carbons (Fsp3) is 0.458. The molecular weight excluding hydrogens is 449 g/mol. The Morgan fingerprint density at radius 1 is 1.09 bits per heavy atom. The van der Waals surface area contributed by atoms with Gasteiger partial charge in [-0.1, -0.05) is 0 Å². The largest absolute Gasteiger partial charge is 0.573 e. The van der Waals surface area contributed by atoms with Crippen molar-refractivity contribution >= 4 is 17.1 Å². The van der Waals surface area contributed by atoms with Gasteiger partial charge >= 0.3 is 6.36 Å². The van der Waals surface area contributed by atoms with Gasteiger partial charge in [-0.3, -0.25) is 4.79 Å². The molecular formula is C24H25F3N4O3. The van der Waals surface area contributed by atoms with Gasteiger partial charge < -0.3 is 19.4 Å². The summed E-state index contributed by atoms with van der Waals surface area (Å²) in [5.41, 5.74) is 3.15. The number of carbonyl (C=O) groups is 1. The minimum atomic E-state index is -4.76. The van der Waals surface area contributed by atoms with Gasteiger partial charge in [0.05, 0.1) is 6.10 Å². The van der Waals surface area contributed by atoms with Crippen LogP contribution in [-0.2, 0) is 4.74 Å². The molecule has 1 aromatic carbocycles. The predicted molar refractivity (Wildman–Crippen MR) is 118 cm³/mol. The second-order valence-electron chi connectivity index (χ2n) is 8.88. The number of H-pyrrole nitrogens is 1. The van der Waals surface area contributed by atoms with Gasteiger partial charge in [-0.25, -0.2) is 9.97 Å². The molecule has 7 nitrogen and oxygen atoms in total. The van der Waals surface area contributed by atoms with E-state index in [4.69, 9.17) is 9.72 Å². The summed E-state index contributed by atoms with van der Waals surface area (Å²) in [4.78, 5) is 27.3. The number of carbonyl (C=O) groups excluding carboxylic acids is 1. The molecule has 5 rings (SSSR count). The van der Waals surface area contributed by atoms with Crippen molar-refractivity contribution in [1.29, 1.82) is 0 Å². The number of aromatic amines is 1. The average Bonchev–Trinajstić information content (AvgIpc) is 3.21. The molecule has 0 unspecified atom stereocenters. The quantitative estimate of drug-likeness (QED) is 0.576. The number of pyridine rings is 1. The zero-order valence-corrected chi connectivity index (χ0v) is 18.6. The van der Waals surface area contributed by atoms with Gasteiger partial charge in [0.25, 0.3) is 5.91 Å². The van der Waals surface area contributed by atoms with Gasteiger partial charge in [-0.15, -0.1) is 13.2 Å². The lowest BCUT2D eigenvalue weighted by atomic mass is 9.82. The number of hydrogen-bond acceptors (Lipinski definition) is 5. The third-order valence-corrected chi connectivity index (χ3v) is 6.81. The summed E-state index contributed by atoms with van der Waals surface area (Å²) in [6, 6.07) is 7.05. The zero-order valence-electron chi connectivity index (χ0n) is 18.6. The molecule has 3 aromatic rings. The SMILES string of the molecule is COC1CC(c2nc3c(C4CCN(C(=O)c5ccc(OC(F)(F)F)cc5)CC4)ccnc3[nH]2)C1. The highest BCUT2D eigenvalue weighted by Gasteiger charge is 2.34. The van der Waals surface area contributed by atoms with E-state index in [9.17, 15) is 18.0 Å². The number of fused-ring (bicyclic) bond motifs is 1. The fourth-order valence-corrected chi connectivity index (χ4v) is 4.83. The first-order valence-corrected chi connectivity index (χ1v) is 11.3. The summed E-state index contributed by atoms with van der Waals surface area (Å²) in [5.74, 6) is 1.02. The third-order valence-electron chi connectivity index (χ3n) is 6.81. The van der Waals surface area contributed by atoms with E-state index >= 15 is 0 Å². The maximum absolute atomic E-state index is 12.8. The molecule has 10 heteroatoms. The monoisotopic (exact) mass is 474 g/mol.